The Labute approximate surface area is 164 Å². The van der Waals surface area contributed by atoms with Crippen molar-refractivity contribution in [2.45, 2.75) is 52.6 Å². The van der Waals surface area contributed by atoms with E-state index in [-0.39, 0.29) is 11.8 Å². The molecular weight excluding hydrogens is 336 g/mol. The van der Waals surface area contributed by atoms with Crippen LogP contribution in [0.2, 0.25) is 0 Å². The molecule has 1 aromatic carbocycles. The lowest BCUT2D eigenvalue weighted by atomic mass is 9.97. The second kappa shape index (κ2) is 11.6. The molecule has 4 nitrogen and oxygen atoms in total. The summed E-state index contributed by atoms with van der Waals surface area (Å²) in [4.78, 5) is 15.1. The molecule has 1 amide bonds. The average Bonchev–Trinajstić information content (AvgIpc) is 3.13. The van der Waals surface area contributed by atoms with Gasteiger partial charge in [-0.25, -0.2) is 0 Å². The Morgan fingerprint density at radius 1 is 1.15 bits per heavy atom. The standard InChI is InChI=1S/C23H34N2O2/c1-4-6-13-21(5-2)23(26)25(16-17-27-3)19-22-14-10-15-24(22)18-20-11-8-7-9-12-20/h7-12,14-15,21H,4-6,13,16-19H2,1-3H3/t21-/m1/s1. The molecule has 2 aromatic rings. The lowest BCUT2D eigenvalue weighted by Crippen LogP contribution is -2.38. The third kappa shape index (κ3) is 6.55. The first-order valence-electron chi connectivity index (χ1n) is 10.1. The average molecular weight is 371 g/mol. The SMILES string of the molecule is CCCC[C@@H](CC)C(=O)N(CCOC)Cc1cccn1Cc1ccccc1. The molecule has 0 aliphatic rings. The van der Waals surface area contributed by atoms with Gasteiger partial charge in [-0.1, -0.05) is 57.0 Å². The van der Waals surface area contributed by atoms with E-state index in [0.29, 0.717) is 19.7 Å². The highest BCUT2D eigenvalue weighted by atomic mass is 16.5. The van der Waals surface area contributed by atoms with E-state index in [9.17, 15) is 4.79 Å². The van der Waals surface area contributed by atoms with E-state index in [2.05, 4.69) is 61.0 Å². The topological polar surface area (TPSA) is 34.5 Å². The molecule has 0 N–H and O–H groups in total. The van der Waals surface area contributed by atoms with E-state index >= 15 is 0 Å². The number of rotatable bonds is 12. The predicted molar refractivity (Wildman–Crippen MR) is 111 cm³/mol. The van der Waals surface area contributed by atoms with Crippen LogP contribution in [0, 0.1) is 5.92 Å². The number of hydrogen-bond donors (Lipinski definition) is 0. The van der Waals surface area contributed by atoms with E-state index < -0.39 is 0 Å². The molecule has 148 valence electrons. The molecule has 1 heterocycles. The molecule has 0 aliphatic carbocycles. The molecular formula is C23H34N2O2. The largest absolute Gasteiger partial charge is 0.383 e. The molecule has 0 fully saturated rings. The highest BCUT2D eigenvalue weighted by Crippen LogP contribution is 2.18. The number of aromatic nitrogens is 1. The van der Waals surface area contributed by atoms with Crippen LogP contribution in [0.25, 0.3) is 0 Å². The van der Waals surface area contributed by atoms with Crippen LogP contribution >= 0.6 is 0 Å². The van der Waals surface area contributed by atoms with Crippen molar-refractivity contribution in [1.29, 1.82) is 0 Å². The van der Waals surface area contributed by atoms with E-state index in [1.54, 1.807) is 7.11 Å². The van der Waals surface area contributed by atoms with E-state index in [0.717, 1.165) is 37.9 Å². The van der Waals surface area contributed by atoms with Crippen molar-refractivity contribution in [3.63, 3.8) is 0 Å². The van der Waals surface area contributed by atoms with Gasteiger partial charge in [0.05, 0.1) is 13.2 Å². The quantitative estimate of drug-likeness (QED) is 0.541. The Hall–Kier alpha value is -2.07. The van der Waals surface area contributed by atoms with E-state index in [1.807, 2.05) is 11.0 Å². The number of unbranched alkanes of at least 4 members (excludes halogenated alkanes) is 1. The van der Waals surface area contributed by atoms with Crippen molar-refractivity contribution >= 4 is 5.91 Å². The second-order valence-corrected chi connectivity index (χ2v) is 7.11. The first-order valence-corrected chi connectivity index (χ1v) is 10.1. The fraction of sp³-hybridized carbons (Fsp3) is 0.522. The number of carbonyl (C=O) groups is 1. The van der Waals surface area contributed by atoms with Gasteiger partial charge >= 0.3 is 0 Å². The Bertz CT molecular complexity index is 666. The Morgan fingerprint density at radius 3 is 2.59 bits per heavy atom. The van der Waals surface area contributed by atoms with Gasteiger partial charge in [-0.3, -0.25) is 4.79 Å². The number of nitrogens with zero attached hydrogens (tertiary/aromatic N) is 2. The first-order chi connectivity index (χ1) is 13.2. The molecule has 1 aromatic heterocycles. The fourth-order valence-corrected chi connectivity index (χ4v) is 3.40. The maximum Gasteiger partial charge on any atom is 0.226 e. The number of hydrogen-bond acceptors (Lipinski definition) is 2. The normalized spacial score (nSPS) is 12.1. The fourth-order valence-electron chi connectivity index (χ4n) is 3.40. The minimum atomic E-state index is 0.111. The summed E-state index contributed by atoms with van der Waals surface area (Å²) in [5.74, 6) is 0.370. The van der Waals surface area contributed by atoms with Gasteiger partial charge in [0.2, 0.25) is 5.91 Å². The molecule has 0 radical (unpaired) electrons. The minimum absolute atomic E-state index is 0.111. The van der Waals surface area contributed by atoms with Gasteiger partial charge in [0, 0.05) is 38.0 Å². The van der Waals surface area contributed by atoms with Gasteiger partial charge in [0.15, 0.2) is 0 Å². The molecule has 0 spiro atoms. The van der Waals surface area contributed by atoms with Crippen LogP contribution in [0.1, 0.15) is 50.8 Å². The smallest absolute Gasteiger partial charge is 0.226 e. The zero-order chi connectivity index (χ0) is 19.5. The van der Waals surface area contributed by atoms with Crippen molar-refractivity contribution in [2.75, 3.05) is 20.3 Å². The second-order valence-electron chi connectivity index (χ2n) is 7.11. The maximum atomic E-state index is 13.1. The minimum Gasteiger partial charge on any atom is -0.383 e. The Morgan fingerprint density at radius 2 is 1.93 bits per heavy atom. The molecule has 0 aliphatic heterocycles. The lowest BCUT2D eigenvalue weighted by Gasteiger charge is -2.27. The van der Waals surface area contributed by atoms with Crippen LogP contribution in [0.3, 0.4) is 0 Å². The number of methoxy groups -OCH3 is 1. The van der Waals surface area contributed by atoms with Crippen LogP contribution in [0.5, 0.6) is 0 Å². The lowest BCUT2D eigenvalue weighted by molar-refractivity contribution is -0.137. The molecule has 0 bridgehead atoms. The van der Waals surface area contributed by atoms with Crippen molar-refractivity contribution < 1.29 is 9.53 Å². The zero-order valence-electron chi connectivity index (χ0n) is 17.1. The van der Waals surface area contributed by atoms with Crippen LogP contribution in [-0.4, -0.2) is 35.6 Å². The maximum absolute atomic E-state index is 13.1. The van der Waals surface area contributed by atoms with E-state index in [1.165, 1.54) is 5.56 Å². The van der Waals surface area contributed by atoms with Crippen molar-refractivity contribution in [3.8, 4) is 0 Å². The molecule has 27 heavy (non-hydrogen) atoms. The Kier molecular flexibility index (Phi) is 9.12. The molecule has 0 unspecified atom stereocenters. The molecule has 1 atom stereocenters. The zero-order valence-corrected chi connectivity index (χ0v) is 17.1. The van der Waals surface area contributed by atoms with Crippen LogP contribution < -0.4 is 0 Å². The summed E-state index contributed by atoms with van der Waals surface area (Å²) in [6.45, 7) is 6.94. The summed E-state index contributed by atoms with van der Waals surface area (Å²) in [5, 5.41) is 0. The van der Waals surface area contributed by atoms with Gasteiger partial charge in [-0.05, 0) is 30.5 Å². The summed E-state index contributed by atoms with van der Waals surface area (Å²) in [6.07, 6.45) is 6.19. The summed E-state index contributed by atoms with van der Waals surface area (Å²) < 4.78 is 7.49. The highest BCUT2D eigenvalue weighted by molar-refractivity contribution is 5.78. The van der Waals surface area contributed by atoms with E-state index in [4.69, 9.17) is 4.74 Å². The summed E-state index contributed by atoms with van der Waals surface area (Å²) in [6, 6.07) is 14.6. The number of ether oxygens (including phenoxy) is 1. The molecule has 0 saturated carbocycles. The van der Waals surface area contributed by atoms with Crippen LogP contribution in [0.15, 0.2) is 48.7 Å². The van der Waals surface area contributed by atoms with Crippen molar-refractivity contribution in [3.05, 3.63) is 59.9 Å². The van der Waals surface area contributed by atoms with Gasteiger partial charge in [-0.15, -0.1) is 0 Å². The third-order valence-electron chi connectivity index (χ3n) is 5.10. The van der Waals surface area contributed by atoms with Crippen molar-refractivity contribution in [1.82, 2.24) is 9.47 Å². The summed E-state index contributed by atoms with van der Waals surface area (Å²) in [5.41, 5.74) is 2.42. The molecule has 4 heteroatoms. The third-order valence-corrected chi connectivity index (χ3v) is 5.10. The van der Waals surface area contributed by atoms with Gasteiger partial charge < -0.3 is 14.2 Å². The van der Waals surface area contributed by atoms with Crippen LogP contribution in [0.4, 0.5) is 0 Å². The first kappa shape index (κ1) is 21.2. The monoisotopic (exact) mass is 370 g/mol. The number of carbonyl (C=O) groups excluding carboxylic acids is 1. The molecule has 0 saturated heterocycles. The van der Waals surface area contributed by atoms with Crippen molar-refractivity contribution in [2.24, 2.45) is 5.92 Å². The number of amides is 1. The van der Waals surface area contributed by atoms with Gasteiger partial charge in [0.1, 0.15) is 0 Å². The van der Waals surface area contributed by atoms with Crippen LogP contribution in [-0.2, 0) is 22.6 Å². The summed E-state index contributed by atoms with van der Waals surface area (Å²) in [7, 11) is 1.69. The highest BCUT2D eigenvalue weighted by Gasteiger charge is 2.23. The number of benzene rings is 1. The molecule has 2 rings (SSSR count). The van der Waals surface area contributed by atoms with Gasteiger partial charge in [-0.2, -0.15) is 0 Å². The van der Waals surface area contributed by atoms with Gasteiger partial charge in [0.25, 0.3) is 0 Å². The predicted octanol–water partition coefficient (Wildman–Crippen LogP) is 4.73. The summed E-state index contributed by atoms with van der Waals surface area (Å²) >= 11 is 0. The Balaban J connectivity index is 2.11.